The van der Waals surface area contributed by atoms with E-state index < -0.39 is 0 Å². The van der Waals surface area contributed by atoms with Crippen LogP contribution in [0.15, 0.2) is 16.9 Å². The Morgan fingerprint density at radius 3 is 2.92 bits per heavy atom. The molecule has 4 rings (SSSR count). The van der Waals surface area contributed by atoms with Crippen LogP contribution < -0.4 is 0 Å². The van der Waals surface area contributed by atoms with Crippen LogP contribution in [0.5, 0.6) is 0 Å². The lowest BCUT2D eigenvalue weighted by atomic mass is 9.96. The molecular weight excluding hydrogens is 318 g/mol. The molecule has 1 aliphatic carbocycles. The first kappa shape index (κ1) is 16.3. The van der Waals surface area contributed by atoms with Gasteiger partial charge in [0.2, 0.25) is 11.8 Å². The van der Waals surface area contributed by atoms with Gasteiger partial charge in [-0.25, -0.2) is 0 Å². The Kier molecular flexibility index (Phi) is 4.09. The molecule has 0 unspecified atom stereocenters. The summed E-state index contributed by atoms with van der Waals surface area (Å²) in [6, 6.07) is 0. The molecule has 0 spiro atoms. The Labute approximate surface area is 147 Å². The van der Waals surface area contributed by atoms with Crippen LogP contribution in [0.25, 0.3) is 0 Å². The monoisotopic (exact) mass is 343 g/mol. The molecule has 1 saturated heterocycles. The van der Waals surface area contributed by atoms with Crippen LogP contribution in [0, 0.1) is 5.92 Å². The zero-order valence-electron chi connectivity index (χ0n) is 15.1. The van der Waals surface area contributed by atoms with E-state index in [1.165, 1.54) is 5.56 Å². The number of hydrogen-bond acceptors (Lipinski definition) is 5. The molecule has 1 saturated carbocycles. The molecule has 3 heterocycles. The average Bonchev–Trinajstić information content (AvgIpc) is 3.03. The van der Waals surface area contributed by atoms with Gasteiger partial charge in [0.15, 0.2) is 5.82 Å². The Balaban J connectivity index is 1.40. The number of nitrogens with zero attached hydrogens (tertiary/aromatic N) is 5. The summed E-state index contributed by atoms with van der Waals surface area (Å²) < 4.78 is 7.14. The van der Waals surface area contributed by atoms with Gasteiger partial charge >= 0.3 is 0 Å². The highest BCUT2D eigenvalue weighted by atomic mass is 16.5. The maximum absolute atomic E-state index is 12.9. The van der Waals surface area contributed by atoms with Crippen LogP contribution in [-0.2, 0) is 11.8 Å². The average molecular weight is 343 g/mol. The van der Waals surface area contributed by atoms with Crippen LogP contribution in [0.3, 0.4) is 0 Å². The molecule has 7 nitrogen and oxygen atoms in total. The van der Waals surface area contributed by atoms with E-state index in [0.29, 0.717) is 18.4 Å². The van der Waals surface area contributed by atoms with Gasteiger partial charge in [-0.2, -0.15) is 10.1 Å². The van der Waals surface area contributed by atoms with Crippen molar-refractivity contribution in [3.05, 3.63) is 29.7 Å². The van der Waals surface area contributed by atoms with Crippen molar-refractivity contribution < 1.29 is 9.32 Å². The third-order valence-corrected chi connectivity index (χ3v) is 5.31. The SMILES string of the molecule is CC(C)c1nc([C@@H]2CCCN(C(=O)[C@@H]3C[C@@H]3c3cnn(C)c3)C2)no1. The first-order chi connectivity index (χ1) is 12.0. The first-order valence-corrected chi connectivity index (χ1v) is 9.13. The highest BCUT2D eigenvalue weighted by molar-refractivity contribution is 5.83. The Morgan fingerprint density at radius 2 is 2.24 bits per heavy atom. The van der Waals surface area contributed by atoms with Gasteiger partial charge in [0, 0.05) is 44.1 Å². The minimum absolute atomic E-state index is 0.111. The lowest BCUT2D eigenvalue weighted by molar-refractivity contribution is -0.133. The van der Waals surface area contributed by atoms with Gasteiger partial charge < -0.3 is 9.42 Å². The summed E-state index contributed by atoms with van der Waals surface area (Å²) in [5, 5.41) is 8.36. The van der Waals surface area contributed by atoms with Gasteiger partial charge in [-0.05, 0) is 30.7 Å². The number of carbonyl (C=O) groups is 1. The fraction of sp³-hybridized carbons (Fsp3) is 0.667. The second-order valence-corrected chi connectivity index (χ2v) is 7.66. The highest BCUT2D eigenvalue weighted by Gasteiger charge is 2.47. The van der Waals surface area contributed by atoms with Crippen molar-refractivity contribution in [2.24, 2.45) is 13.0 Å². The Morgan fingerprint density at radius 1 is 1.40 bits per heavy atom. The lowest BCUT2D eigenvalue weighted by Gasteiger charge is -2.31. The summed E-state index contributed by atoms with van der Waals surface area (Å²) in [5.41, 5.74) is 1.18. The summed E-state index contributed by atoms with van der Waals surface area (Å²) in [5.74, 6) is 2.56. The number of piperidine rings is 1. The van der Waals surface area contributed by atoms with Crippen molar-refractivity contribution >= 4 is 5.91 Å². The zero-order chi connectivity index (χ0) is 17.6. The number of aromatic nitrogens is 4. The van der Waals surface area contributed by atoms with E-state index in [0.717, 1.165) is 31.6 Å². The molecule has 1 aliphatic heterocycles. The molecule has 0 radical (unpaired) electrons. The Bertz CT molecular complexity index is 765. The number of carbonyl (C=O) groups excluding carboxylic acids is 1. The third-order valence-electron chi connectivity index (χ3n) is 5.31. The third kappa shape index (κ3) is 3.19. The molecule has 1 amide bonds. The van der Waals surface area contributed by atoms with Crippen LogP contribution in [-0.4, -0.2) is 43.8 Å². The van der Waals surface area contributed by atoms with Crippen molar-refractivity contribution in [1.29, 1.82) is 0 Å². The fourth-order valence-corrected chi connectivity index (χ4v) is 3.74. The summed E-state index contributed by atoms with van der Waals surface area (Å²) >= 11 is 0. The van der Waals surface area contributed by atoms with E-state index in [2.05, 4.69) is 15.2 Å². The predicted molar refractivity (Wildman–Crippen MR) is 91.0 cm³/mol. The molecule has 0 bridgehead atoms. The van der Waals surface area contributed by atoms with Crippen molar-refractivity contribution in [2.45, 2.75) is 50.9 Å². The van der Waals surface area contributed by atoms with E-state index in [1.807, 2.05) is 38.2 Å². The summed E-state index contributed by atoms with van der Waals surface area (Å²) in [6.45, 7) is 5.62. The molecule has 0 aromatic carbocycles. The highest BCUT2D eigenvalue weighted by Crippen LogP contribution is 2.48. The molecular formula is C18H25N5O2. The van der Waals surface area contributed by atoms with Crippen molar-refractivity contribution in [2.75, 3.05) is 13.1 Å². The van der Waals surface area contributed by atoms with Gasteiger partial charge in [0.1, 0.15) is 0 Å². The maximum Gasteiger partial charge on any atom is 0.229 e. The molecule has 0 N–H and O–H groups in total. The summed E-state index contributed by atoms with van der Waals surface area (Å²) in [4.78, 5) is 19.4. The minimum atomic E-state index is 0.111. The van der Waals surface area contributed by atoms with Crippen molar-refractivity contribution in [1.82, 2.24) is 24.8 Å². The van der Waals surface area contributed by atoms with Crippen molar-refractivity contribution in [3.8, 4) is 0 Å². The second kappa shape index (κ2) is 6.28. The van der Waals surface area contributed by atoms with Gasteiger partial charge in [-0.3, -0.25) is 9.48 Å². The zero-order valence-corrected chi connectivity index (χ0v) is 15.1. The van der Waals surface area contributed by atoms with Gasteiger partial charge in [-0.1, -0.05) is 19.0 Å². The maximum atomic E-state index is 12.9. The van der Waals surface area contributed by atoms with Crippen LogP contribution >= 0.6 is 0 Å². The largest absolute Gasteiger partial charge is 0.342 e. The van der Waals surface area contributed by atoms with Crippen LogP contribution in [0.2, 0.25) is 0 Å². The van der Waals surface area contributed by atoms with E-state index in [9.17, 15) is 4.79 Å². The standard InChI is InChI=1S/C18H25N5O2/c1-11(2)17-20-16(21-25-17)12-5-4-6-23(10-12)18(24)15-7-14(15)13-8-19-22(3)9-13/h8-9,11-12,14-15H,4-7,10H2,1-3H3/t12-,14-,15-/m1/s1. The lowest BCUT2D eigenvalue weighted by Crippen LogP contribution is -2.40. The summed E-state index contributed by atoms with van der Waals surface area (Å²) in [6.07, 6.45) is 6.84. The van der Waals surface area contributed by atoms with Gasteiger partial charge in [0.05, 0.1) is 6.20 Å². The predicted octanol–water partition coefficient (Wildman–Crippen LogP) is 2.44. The molecule has 3 atom stereocenters. The quantitative estimate of drug-likeness (QED) is 0.852. The number of aryl methyl sites for hydroxylation is 1. The normalized spacial score (nSPS) is 26.2. The molecule has 7 heteroatoms. The van der Waals surface area contributed by atoms with E-state index in [4.69, 9.17) is 4.52 Å². The number of amides is 1. The fourth-order valence-electron chi connectivity index (χ4n) is 3.74. The number of rotatable bonds is 4. The Hall–Kier alpha value is -2.18. The first-order valence-electron chi connectivity index (χ1n) is 9.13. The van der Waals surface area contributed by atoms with Gasteiger partial charge in [0.25, 0.3) is 0 Å². The molecule has 2 aromatic rings. The van der Waals surface area contributed by atoms with Crippen molar-refractivity contribution in [3.63, 3.8) is 0 Å². The van der Waals surface area contributed by atoms with Crippen LogP contribution in [0.4, 0.5) is 0 Å². The van der Waals surface area contributed by atoms with E-state index >= 15 is 0 Å². The molecule has 134 valence electrons. The molecule has 25 heavy (non-hydrogen) atoms. The second-order valence-electron chi connectivity index (χ2n) is 7.66. The van der Waals surface area contributed by atoms with Gasteiger partial charge in [-0.15, -0.1) is 0 Å². The minimum Gasteiger partial charge on any atom is -0.342 e. The summed E-state index contributed by atoms with van der Waals surface area (Å²) in [7, 11) is 1.91. The number of hydrogen-bond donors (Lipinski definition) is 0. The topological polar surface area (TPSA) is 77.1 Å². The molecule has 2 aliphatic rings. The molecule has 2 fully saturated rings. The van der Waals surface area contributed by atoms with Crippen LogP contribution in [0.1, 0.15) is 68.1 Å². The number of likely N-dealkylation sites (tertiary alicyclic amines) is 1. The van der Waals surface area contributed by atoms with E-state index in [-0.39, 0.29) is 23.7 Å². The van der Waals surface area contributed by atoms with E-state index in [1.54, 1.807) is 4.68 Å². The molecule has 2 aromatic heterocycles. The smallest absolute Gasteiger partial charge is 0.229 e.